The van der Waals surface area contributed by atoms with Gasteiger partial charge in [0.2, 0.25) is 11.8 Å². The molecule has 2 atom stereocenters. The summed E-state index contributed by atoms with van der Waals surface area (Å²) in [4.78, 5) is 30.2. The molecule has 0 spiro atoms. The Morgan fingerprint density at radius 2 is 1.43 bits per heavy atom. The minimum atomic E-state index is -4.16. The number of hydrogen-bond acceptors (Lipinski definition) is 5. The number of aryl methyl sites for hydroxylation is 2. The van der Waals surface area contributed by atoms with E-state index in [2.05, 4.69) is 5.32 Å². The molecule has 8 nitrogen and oxygen atoms in total. The Kier molecular flexibility index (Phi) is 11.6. The molecule has 4 rings (SSSR count). The number of amides is 2. The number of anilines is 1. The molecule has 9 heteroatoms. The summed E-state index contributed by atoms with van der Waals surface area (Å²) in [6.45, 7) is 7.22. The topological polar surface area (TPSA) is 96.0 Å². The van der Waals surface area contributed by atoms with Gasteiger partial charge >= 0.3 is 0 Å². The van der Waals surface area contributed by atoms with Gasteiger partial charge in [-0.05, 0) is 85.8 Å². The number of carbonyl (C=O) groups is 2. The van der Waals surface area contributed by atoms with Crippen molar-refractivity contribution in [2.45, 2.75) is 64.1 Å². The van der Waals surface area contributed by atoms with Crippen LogP contribution in [0, 0.1) is 13.8 Å². The number of rotatable bonds is 14. The molecule has 4 aromatic carbocycles. The van der Waals surface area contributed by atoms with Crippen LogP contribution in [0.1, 0.15) is 42.5 Å². The van der Waals surface area contributed by atoms with Crippen LogP contribution in [0.3, 0.4) is 0 Å². The van der Waals surface area contributed by atoms with E-state index < -0.39 is 28.5 Å². The van der Waals surface area contributed by atoms with E-state index in [0.29, 0.717) is 17.9 Å². The molecular formula is C37H43N3O5S. The first-order valence-corrected chi connectivity index (χ1v) is 16.9. The van der Waals surface area contributed by atoms with E-state index in [9.17, 15) is 18.0 Å². The van der Waals surface area contributed by atoms with Crippen LogP contribution in [-0.2, 0) is 32.6 Å². The summed E-state index contributed by atoms with van der Waals surface area (Å²) >= 11 is 0. The second kappa shape index (κ2) is 15.6. The van der Waals surface area contributed by atoms with Gasteiger partial charge in [-0.3, -0.25) is 13.9 Å². The van der Waals surface area contributed by atoms with Gasteiger partial charge in [-0.1, -0.05) is 73.7 Å². The van der Waals surface area contributed by atoms with E-state index in [1.807, 2.05) is 82.3 Å². The minimum Gasteiger partial charge on any atom is -0.497 e. The third-order valence-corrected chi connectivity index (χ3v) is 9.65. The molecule has 0 unspecified atom stereocenters. The molecule has 0 heterocycles. The Morgan fingerprint density at radius 3 is 2.04 bits per heavy atom. The second-order valence-corrected chi connectivity index (χ2v) is 13.4. The van der Waals surface area contributed by atoms with E-state index in [1.54, 1.807) is 43.5 Å². The molecule has 1 N–H and O–H groups in total. The number of benzene rings is 4. The maximum atomic E-state index is 14.6. The predicted molar refractivity (Wildman–Crippen MR) is 182 cm³/mol. The van der Waals surface area contributed by atoms with Crippen molar-refractivity contribution in [3.63, 3.8) is 0 Å². The maximum absolute atomic E-state index is 14.6. The van der Waals surface area contributed by atoms with Crippen molar-refractivity contribution in [1.29, 1.82) is 0 Å². The zero-order chi connectivity index (χ0) is 33.3. The summed E-state index contributed by atoms with van der Waals surface area (Å²) in [7, 11) is -2.60. The fourth-order valence-corrected chi connectivity index (χ4v) is 6.72. The Morgan fingerprint density at radius 1 is 0.826 bits per heavy atom. The maximum Gasteiger partial charge on any atom is 0.264 e. The first kappa shape index (κ1) is 34.2. The normalized spacial score (nSPS) is 12.5. The number of nitrogens with one attached hydrogen (secondary N) is 1. The Bertz CT molecular complexity index is 1710. The first-order valence-electron chi connectivity index (χ1n) is 15.4. The average molecular weight is 642 g/mol. The van der Waals surface area contributed by atoms with E-state index in [4.69, 9.17) is 4.74 Å². The molecule has 0 aliphatic rings. The molecule has 0 fully saturated rings. The second-order valence-electron chi connectivity index (χ2n) is 11.6. The summed E-state index contributed by atoms with van der Waals surface area (Å²) in [6.07, 6.45) is 0.956. The molecule has 242 valence electrons. The SMILES string of the molecule is CC[C@H](C)NC(=O)[C@@H](Cc1ccccc1)N(Cc1cccc(OC)c1)C(=O)CN(c1cc(C)cc(C)c1)S(=O)(=O)c1ccccc1. The number of carbonyl (C=O) groups excluding carboxylic acids is 2. The molecule has 0 aliphatic heterocycles. The molecule has 0 saturated carbocycles. The van der Waals surface area contributed by atoms with Crippen LogP contribution in [0.4, 0.5) is 5.69 Å². The summed E-state index contributed by atoms with van der Waals surface area (Å²) in [6, 6.07) is 29.3. The van der Waals surface area contributed by atoms with Gasteiger partial charge in [0.25, 0.3) is 10.0 Å². The summed E-state index contributed by atoms with van der Waals surface area (Å²) in [5.74, 6) is -0.211. The van der Waals surface area contributed by atoms with Crippen molar-refractivity contribution in [3.05, 3.63) is 125 Å². The van der Waals surface area contributed by atoms with Crippen LogP contribution in [0.5, 0.6) is 5.75 Å². The summed E-state index contributed by atoms with van der Waals surface area (Å²) < 4.78 is 35.0. The zero-order valence-corrected chi connectivity index (χ0v) is 28.0. The quantitative estimate of drug-likeness (QED) is 0.181. The van der Waals surface area contributed by atoms with Crippen molar-refractivity contribution >= 4 is 27.5 Å². The Balaban J connectivity index is 1.83. The largest absolute Gasteiger partial charge is 0.497 e. The van der Waals surface area contributed by atoms with Gasteiger partial charge in [0.15, 0.2) is 0 Å². The van der Waals surface area contributed by atoms with Gasteiger partial charge in [-0.2, -0.15) is 0 Å². The number of methoxy groups -OCH3 is 1. The highest BCUT2D eigenvalue weighted by atomic mass is 32.2. The van der Waals surface area contributed by atoms with Gasteiger partial charge in [0, 0.05) is 19.0 Å². The molecule has 2 amide bonds. The van der Waals surface area contributed by atoms with Crippen molar-refractivity contribution < 1.29 is 22.7 Å². The third kappa shape index (κ3) is 8.75. The van der Waals surface area contributed by atoms with E-state index >= 15 is 0 Å². The van der Waals surface area contributed by atoms with E-state index in [0.717, 1.165) is 26.6 Å². The predicted octanol–water partition coefficient (Wildman–Crippen LogP) is 6.06. The Labute approximate surface area is 273 Å². The molecule has 4 aromatic rings. The number of sulfonamides is 1. The molecule has 0 saturated heterocycles. The van der Waals surface area contributed by atoms with E-state index in [-0.39, 0.29) is 29.8 Å². The van der Waals surface area contributed by atoms with Crippen LogP contribution in [0.2, 0.25) is 0 Å². The molecule has 0 aromatic heterocycles. The average Bonchev–Trinajstić information content (AvgIpc) is 3.05. The van der Waals surface area contributed by atoms with Crippen molar-refractivity contribution in [3.8, 4) is 5.75 Å². The van der Waals surface area contributed by atoms with Gasteiger partial charge in [0.05, 0.1) is 17.7 Å². The highest BCUT2D eigenvalue weighted by Crippen LogP contribution is 2.27. The molecule has 0 radical (unpaired) electrons. The highest BCUT2D eigenvalue weighted by molar-refractivity contribution is 7.92. The van der Waals surface area contributed by atoms with Crippen molar-refractivity contribution in [2.75, 3.05) is 18.0 Å². The van der Waals surface area contributed by atoms with Crippen molar-refractivity contribution in [1.82, 2.24) is 10.2 Å². The molecule has 46 heavy (non-hydrogen) atoms. The van der Waals surface area contributed by atoms with Crippen molar-refractivity contribution in [2.24, 2.45) is 0 Å². The lowest BCUT2D eigenvalue weighted by molar-refractivity contribution is -0.140. The van der Waals surface area contributed by atoms with E-state index in [1.165, 1.54) is 17.0 Å². The molecule has 0 bridgehead atoms. The third-order valence-electron chi connectivity index (χ3n) is 7.86. The van der Waals surface area contributed by atoms with Gasteiger partial charge < -0.3 is 15.0 Å². The number of ether oxygens (including phenoxy) is 1. The molecule has 0 aliphatic carbocycles. The zero-order valence-electron chi connectivity index (χ0n) is 27.1. The smallest absolute Gasteiger partial charge is 0.264 e. The lowest BCUT2D eigenvalue weighted by Crippen LogP contribution is -2.54. The minimum absolute atomic E-state index is 0.0630. The van der Waals surface area contributed by atoms with Crippen LogP contribution in [-0.4, -0.2) is 50.9 Å². The fourth-order valence-electron chi connectivity index (χ4n) is 5.31. The van der Waals surface area contributed by atoms with Gasteiger partial charge in [-0.15, -0.1) is 0 Å². The number of hydrogen-bond donors (Lipinski definition) is 1. The monoisotopic (exact) mass is 641 g/mol. The van der Waals surface area contributed by atoms with Crippen LogP contribution >= 0.6 is 0 Å². The summed E-state index contributed by atoms with van der Waals surface area (Å²) in [5.41, 5.74) is 3.71. The lowest BCUT2D eigenvalue weighted by atomic mass is 10.0. The fraction of sp³-hybridized carbons (Fsp3) is 0.297. The molecular weight excluding hydrogens is 598 g/mol. The Hall–Kier alpha value is -4.63. The highest BCUT2D eigenvalue weighted by Gasteiger charge is 2.35. The lowest BCUT2D eigenvalue weighted by Gasteiger charge is -2.34. The van der Waals surface area contributed by atoms with Gasteiger partial charge in [0.1, 0.15) is 18.3 Å². The van der Waals surface area contributed by atoms with Gasteiger partial charge in [-0.25, -0.2) is 8.42 Å². The van der Waals surface area contributed by atoms with Crippen LogP contribution < -0.4 is 14.4 Å². The first-order chi connectivity index (χ1) is 22.0. The van der Waals surface area contributed by atoms with Crippen LogP contribution in [0.25, 0.3) is 0 Å². The summed E-state index contributed by atoms with van der Waals surface area (Å²) in [5, 5.41) is 3.06. The van der Waals surface area contributed by atoms with Crippen LogP contribution in [0.15, 0.2) is 108 Å². The standard InChI is InChI=1S/C37H43N3O5S/c1-6-29(4)38-37(42)35(24-30-14-9-7-10-15-30)39(25-31-16-13-17-33(23-31)45-5)36(41)26-40(32-21-27(2)20-28(3)22-32)46(43,44)34-18-11-8-12-19-34/h7-23,29,35H,6,24-26H2,1-5H3,(H,38,42)/t29-,35+/m0/s1. The number of nitrogens with zero attached hydrogens (tertiary/aromatic N) is 2.